The molecule has 0 bridgehead atoms. The van der Waals surface area contributed by atoms with Crippen molar-refractivity contribution in [2.75, 3.05) is 0 Å². The molecule has 3 heteroatoms. The Balaban J connectivity index is 1.96. The second kappa shape index (κ2) is 4.17. The minimum Gasteiger partial charge on any atom is -0.296 e. The highest BCUT2D eigenvalue weighted by Crippen LogP contribution is 2.24. The Labute approximate surface area is 100 Å². The van der Waals surface area contributed by atoms with Crippen molar-refractivity contribution in [2.24, 2.45) is 0 Å². The first-order chi connectivity index (χ1) is 8.38. The fraction of sp³-hybridized carbons (Fsp3) is 0.286. The van der Waals surface area contributed by atoms with Crippen LogP contribution in [0.4, 0.5) is 0 Å². The van der Waals surface area contributed by atoms with Crippen molar-refractivity contribution < 1.29 is 4.79 Å². The fourth-order valence-corrected chi connectivity index (χ4v) is 2.48. The van der Waals surface area contributed by atoms with Crippen molar-refractivity contribution >= 4 is 6.29 Å². The Morgan fingerprint density at radius 2 is 2.06 bits per heavy atom. The quantitative estimate of drug-likeness (QED) is 0.752. The van der Waals surface area contributed by atoms with Crippen molar-refractivity contribution in [2.45, 2.75) is 25.8 Å². The zero-order valence-corrected chi connectivity index (χ0v) is 9.60. The van der Waals surface area contributed by atoms with Gasteiger partial charge >= 0.3 is 0 Å². The van der Waals surface area contributed by atoms with Crippen LogP contribution in [0.2, 0.25) is 0 Å². The standard InChI is InChI=1S/C14H14N2O/c17-10-14-12-7-4-8-13(12)15-16(14)9-11-5-2-1-3-6-11/h1-3,5-6,10H,4,7-9H2. The van der Waals surface area contributed by atoms with E-state index in [1.807, 2.05) is 22.9 Å². The minimum atomic E-state index is 0.682. The molecule has 17 heavy (non-hydrogen) atoms. The highest BCUT2D eigenvalue weighted by atomic mass is 16.1. The molecule has 0 aliphatic heterocycles. The summed E-state index contributed by atoms with van der Waals surface area (Å²) in [5, 5.41) is 4.54. The van der Waals surface area contributed by atoms with Gasteiger partial charge in [-0.1, -0.05) is 30.3 Å². The average Bonchev–Trinajstić information content (AvgIpc) is 2.90. The summed E-state index contributed by atoms with van der Waals surface area (Å²) in [4.78, 5) is 11.2. The Morgan fingerprint density at radius 3 is 2.82 bits per heavy atom. The predicted octanol–water partition coefficient (Wildman–Crippen LogP) is 2.23. The summed E-state index contributed by atoms with van der Waals surface area (Å²) in [6.45, 7) is 0.682. The topological polar surface area (TPSA) is 34.9 Å². The van der Waals surface area contributed by atoms with Crippen LogP contribution in [0.5, 0.6) is 0 Å². The SMILES string of the molecule is O=Cc1c2c(nn1Cc1ccccc1)CCC2. The van der Waals surface area contributed by atoms with Crippen molar-refractivity contribution in [3.8, 4) is 0 Å². The largest absolute Gasteiger partial charge is 0.296 e. The summed E-state index contributed by atoms with van der Waals surface area (Å²) in [6.07, 6.45) is 4.08. The maximum atomic E-state index is 11.2. The second-order valence-electron chi connectivity index (χ2n) is 4.43. The molecule has 3 nitrogen and oxygen atoms in total. The molecule has 0 N–H and O–H groups in total. The Hall–Kier alpha value is -1.90. The Morgan fingerprint density at radius 1 is 1.24 bits per heavy atom. The molecule has 3 rings (SSSR count). The van der Waals surface area contributed by atoms with E-state index in [4.69, 9.17) is 0 Å². The Bertz CT molecular complexity index is 543. The van der Waals surface area contributed by atoms with Crippen LogP contribution in [-0.2, 0) is 19.4 Å². The molecular weight excluding hydrogens is 212 g/mol. The number of carbonyl (C=O) groups is 1. The zero-order chi connectivity index (χ0) is 11.7. The normalized spacial score (nSPS) is 13.6. The van der Waals surface area contributed by atoms with Gasteiger partial charge in [0.25, 0.3) is 0 Å². The molecule has 1 heterocycles. The third-order valence-corrected chi connectivity index (χ3v) is 3.30. The number of aldehydes is 1. The van der Waals surface area contributed by atoms with E-state index in [0.717, 1.165) is 42.5 Å². The van der Waals surface area contributed by atoms with E-state index in [1.54, 1.807) is 0 Å². The first-order valence-electron chi connectivity index (χ1n) is 5.96. The number of hydrogen-bond donors (Lipinski definition) is 0. The first-order valence-corrected chi connectivity index (χ1v) is 5.96. The third kappa shape index (κ3) is 1.78. The van der Waals surface area contributed by atoms with Gasteiger partial charge in [0, 0.05) is 5.56 Å². The van der Waals surface area contributed by atoms with Crippen LogP contribution in [0.3, 0.4) is 0 Å². The maximum absolute atomic E-state index is 11.2. The molecule has 86 valence electrons. The van der Waals surface area contributed by atoms with Crippen LogP contribution in [0.15, 0.2) is 30.3 Å². The van der Waals surface area contributed by atoms with Gasteiger partial charge in [0.1, 0.15) is 5.69 Å². The molecule has 0 saturated carbocycles. The third-order valence-electron chi connectivity index (χ3n) is 3.30. The van der Waals surface area contributed by atoms with Crippen molar-refractivity contribution in [1.82, 2.24) is 9.78 Å². The molecule has 0 unspecified atom stereocenters. The maximum Gasteiger partial charge on any atom is 0.168 e. The van der Waals surface area contributed by atoms with Crippen LogP contribution in [0.25, 0.3) is 0 Å². The summed E-state index contributed by atoms with van der Waals surface area (Å²) in [5.41, 5.74) is 4.22. The monoisotopic (exact) mass is 226 g/mol. The van der Waals surface area contributed by atoms with Gasteiger partial charge in [-0.15, -0.1) is 0 Å². The van der Waals surface area contributed by atoms with Crippen LogP contribution in [0, 0.1) is 0 Å². The number of rotatable bonds is 3. The van der Waals surface area contributed by atoms with E-state index in [1.165, 1.54) is 5.56 Å². The lowest BCUT2D eigenvalue weighted by molar-refractivity contribution is 0.111. The molecule has 2 aromatic rings. The van der Waals surface area contributed by atoms with Gasteiger partial charge in [0.05, 0.1) is 12.2 Å². The number of aromatic nitrogens is 2. The number of carbonyl (C=O) groups excluding carboxylic acids is 1. The number of fused-ring (bicyclic) bond motifs is 1. The predicted molar refractivity (Wildman–Crippen MR) is 65.2 cm³/mol. The van der Waals surface area contributed by atoms with E-state index >= 15 is 0 Å². The molecule has 1 aliphatic carbocycles. The number of aryl methyl sites for hydroxylation is 1. The van der Waals surface area contributed by atoms with Gasteiger partial charge < -0.3 is 0 Å². The van der Waals surface area contributed by atoms with Gasteiger partial charge in [-0.3, -0.25) is 9.48 Å². The second-order valence-corrected chi connectivity index (χ2v) is 4.43. The molecule has 1 aromatic carbocycles. The van der Waals surface area contributed by atoms with Gasteiger partial charge in [0.15, 0.2) is 6.29 Å². The van der Waals surface area contributed by atoms with Crippen molar-refractivity contribution in [3.63, 3.8) is 0 Å². The summed E-state index contributed by atoms with van der Waals surface area (Å²) < 4.78 is 1.84. The minimum absolute atomic E-state index is 0.682. The van der Waals surface area contributed by atoms with E-state index in [2.05, 4.69) is 17.2 Å². The molecule has 0 spiro atoms. The fourth-order valence-electron chi connectivity index (χ4n) is 2.48. The van der Waals surface area contributed by atoms with E-state index in [9.17, 15) is 4.79 Å². The van der Waals surface area contributed by atoms with Gasteiger partial charge in [-0.2, -0.15) is 5.10 Å². The Kier molecular flexibility index (Phi) is 2.52. The average molecular weight is 226 g/mol. The molecule has 0 saturated heterocycles. The van der Waals surface area contributed by atoms with Crippen LogP contribution < -0.4 is 0 Å². The lowest BCUT2D eigenvalue weighted by Gasteiger charge is -2.04. The molecular formula is C14H14N2O. The van der Waals surface area contributed by atoms with Crippen LogP contribution in [0.1, 0.15) is 33.7 Å². The van der Waals surface area contributed by atoms with Crippen molar-refractivity contribution in [1.29, 1.82) is 0 Å². The molecule has 0 fully saturated rings. The number of benzene rings is 1. The summed E-state index contributed by atoms with van der Waals surface area (Å²) in [7, 11) is 0. The van der Waals surface area contributed by atoms with Gasteiger partial charge in [-0.05, 0) is 24.8 Å². The summed E-state index contributed by atoms with van der Waals surface area (Å²) in [5.74, 6) is 0. The van der Waals surface area contributed by atoms with E-state index in [-0.39, 0.29) is 0 Å². The summed E-state index contributed by atoms with van der Waals surface area (Å²) >= 11 is 0. The molecule has 0 radical (unpaired) electrons. The highest BCUT2D eigenvalue weighted by Gasteiger charge is 2.21. The van der Waals surface area contributed by atoms with Gasteiger partial charge in [-0.25, -0.2) is 0 Å². The highest BCUT2D eigenvalue weighted by molar-refractivity contribution is 5.75. The zero-order valence-electron chi connectivity index (χ0n) is 9.60. The lowest BCUT2D eigenvalue weighted by Crippen LogP contribution is -2.07. The molecule has 1 aliphatic rings. The first kappa shape index (κ1) is 10.3. The smallest absolute Gasteiger partial charge is 0.168 e. The summed E-state index contributed by atoms with van der Waals surface area (Å²) in [6, 6.07) is 10.1. The molecule has 0 amide bonds. The van der Waals surface area contributed by atoms with E-state index < -0.39 is 0 Å². The molecule has 0 atom stereocenters. The van der Waals surface area contributed by atoms with E-state index in [0.29, 0.717) is 6.54 Å². The van der Waals surface area contributed by atoms with Crippen LogP contribution in [-0.4, -0.2) is 16.1 Å². The molecule has 1 aromatic heterocycles. The lowest BCUT2D eigenvalue weighted by atomic mass is 10.2. The van der Waals surface area contributed by atoms with Gasteiger partial charge in [0.2, 0.25) is 0 Å². The number of hydrogen-bond acceptors (Lipinski definition) is 2. The van der Waals surface area contributed by atoms with Crippen LogP contribution >= 0.6 is 0 Å². The van der Waals surface area contributed by atoms with Crippen molar-refractivity contribution in [3.05, 3.63) is 52.8 Å². The number of nitrogens with zero attached hydrogens (tertiary/aromatic N) is 2.